The summed E-state index contributed by atoms with van der Waals surface area (Å²) in [5.41, 5.74) is 0.248. The van der Waals surface area contributed by atoms with E-state index in [0.29, 0.717) is 5.35 Å². The first-order valence-corrected chi connectivity index (χ1v) is 5.82. The van der Waals surface area contributed by atoms with Gasteiger partial charge in [-0.1, -0.05) is 31.4 Å². The molecule has 3 nitrogen and oxygen atoms in total. The lowest BCUT2D eigenvalue weighted by molar-refractivity contribution is 0.0540. The number of hydrogen-bond acceptors (Lipinski definition) is 2. The fraction of sp³-hybridized carbons (Fsp3) is 0.267. The third kappa shape index (κ3) is 2.04. The minimum absolute atomic E-state index is 0.418. The summed E-state index contributed by atoms with van der Waals surface area (Å²) in [6.45, 7) is 13.4. The van der Waals surface area contributed by atoms with E-state index < -0.39 is 11.7 Å². The molecule has 2 rings (SSSR count). The number of benzene rings is 1. The molecule has 0 atom stereocenters. The zero-order valence-corrected chi connectivity index (χ0v) is 11.0. The van der Waals surface area contributed by atoms with E-state index in [2.05, 4.69) is 13.2 Å². The zero-order valence-electron chi connectivity index (χ0n) is 11.0. The molecule has 1 aromatic carbocycles. The maximum Gasteiger partial charge on any atom is 0.419 e. The normalized spacial score (nSPS) is 11.7. The number of hydrogen-bond donors (Lipinski definition) is 0. The van der Waals surface area contributed by atoms with Crippen molar-refractivity contribution >= 4 is 30.2 Å². The Labute approximate surface area is 106 Å². The van der Waals surface area contributed by atoms with Gasteiger partial charge >= 0.3 is 6.09 Å². The van der Waals surface area contributed by atoms with Crippen LogP contribution in [0.5, 0.6) is 0 Å². The Balaban J connectivity index is 2.65. The molecule has 0 aliphatic carbocycles. The topological polar surface area (TPSA) is 31.2 Å². The number of ether oxygens (including phenoxy) is 1. The van der Waals surface area contributed by atoms with Crippen LogP contribution in [0.25, 0.3) is 24.1 Å². The minimum atomic E-state index is -0.532. The Hall–Kier alpha value is -2.03. The Kier molecular flexibility index (Phi) is 2.77. The molecule has 0 unspecified atom stereocenters. The average molecular weight is 243 g/mol. The Morgan fingerprint density at radius 1 is 1.22 bits per heavy atom. The molecule has 1 aromatic heterocycles. The van der Waals surface area contributed by atoms with Gasteiger partial charge in [0.25, 0.3) is 0 Å². The molecule has 94 valence electrons. The van der Waals surface area contributed by atoms with Crippen molar-refractivity contribution in [3.8, 4) is 0 Å². The predicted octanol–water partition coefficient (Wildman–Crippen LogP) is 2.25. The molecule has 0 radical (unpaired) electrons. The molecular weight excluding hydrogens is 226 g/mol. The molecule has 3 heteroatoms. The molecule has 0 amide bonds. The van der Waals surface area contributed by atoms with Crippen LogP contribution in [0.1, 0.15) is 20.8 Å². The Morgan fingerprint density at radius 3 is 2.44 bits per heavy atom. The third-order valence-electron chi connectivity index (χ3n) is 2.66. The highest BCUT2D eigenvalue weighted by Gasteiger charge is 2.20. The fourth-order valence-corrected chi connectivity index (χ4v) is 1.88. The van der Waals surface area contributed by atoms with Crippen LogP contribution in [0.2, 0.25) is 0 Å². The molecule has 0 bridgehead atoms. The molecule has 0 aliphatic heterocycles. The van der Waals surface area contributed by atoms with E-state index in [0.717, 1.165) is 16.1 Å². The number of nitrogens with zero attached hydrogens (tertiary/aromatic N) is 1. The number of carbonyl (C=O) groups excluding carboxylic acids is 1. The van der Waals surface area contributed by atoms with E-state index in [1.54, 1.807) is 0 Å². The first kappa shape index (κ1) is 12.4. The molecule has 0 saturated carbocycles. The summed E-state index contributed by atoms with van der Waals surface area (Å²) in [5.74, 6) is 0. The van der Waals surface area contributed by atoms with Crippen LogP contribution in [0.15, 0.2) is 24.3 Å². The number of carbonyl (C=O) groups is 1. The molecule has 1 heterocycles. The second-order valence-electron chi connectivity index (χ2n) is 5.26. The lowest BCUT2D eigenvalue weighted by Crippen LogP contribution is -2.35. The summed E-state index contributed by atoms with van der Waals surface area (Å²) < 4.78 is 6.86. The smallest absolute Gasteiger partial charge is 0.419 e. The summed E-state index contributed by atoms with van der Waals surface area (Å²) in [7, 11) is 0. The summed E-state index contributed by atoms with van der Waals surface area (Å²) in [6, 6.07) is 7.58. The first-order valence-electron chi connectivity index (χ1n) is 5.82. The quantitative estimate of drug-likeness (QED) is 0.710. The molecule has 0 aliphatic rings. The highest BCUT2D eigenvalue weighted by atomic mass is 16.6. The maximum atomic E-state index is 12.2. The summed E-state index contributed by atoms with van der Waals surface area (Å²) in [5, 5.41) is 2.26. The zero-order chi connectivity index (χ0) is 13.5. The molecule has 2 aromatic rings. The van der Waals surface area contributed by atoms with Gasteiger partial charge in [0.05, 0.1) is 10.9 Å². The second-order valence-corrected chi connectivity index (χ2v) is 5.26. The largest absolute Gasteiger partial charge is 0.443 e. The van der Waals surface area contributed by atoms with Gasteiger partial charge in [-0.25, -0.2) is 9.36 Å². The molecule has 0 N–H and O–H groups in total. The highest BCUT2D eigenvalue weighted by Crippen LogP contribution is 2.12. The van der Waals surface area contributed by atoms with Gasteiger partial charge in [0.2, 0.25) is 0 Å². The number of fused-ring (bicyclic) bond motifs is 1. The maximum absolute atomic E-state index is 12.2. The van der Waals surface area contributed by atoms with Crippen LogP contribution < -0.4 is 10.6 Å². The lowest BCUT2D eigenvalue weighted by Gasteiger charge is -2.19. The third-order valence-corrected chi connectivity index (χ3v) is 2.66. The van der Waals surface area contributed by atoms with E-state index in [4.69, 9.17) is 4.74 Å². The van der Waals surface area contributed by atoms with E-state index >= 15 is 0 Å². The number of rotatable bonds is 0. The van der Waals surface area contributed by atoms with Crippen molar-refractivity contribution in [3.63, 3.8) is 0 Å². The van der Waals surface area contributed by atoms with Gasteiger partial charge < -0.3 is 4.74 Å². The van der Waals surface area contributed by atoms with Crippen molar-refractivity contribution in [2.75, 3.05) is 0 Å². The van der Waals surface area contributed by atoms with Crippen molar-refractivity contribution in [2.45, 2.75) is 26.4 Å². The number of aromatic nitrogens is 1. The highest BCUT2D eigenvalue weighted by molar-refractivity contribution is 5.90. The molecular formula is C15H17NO2. The van der Waals surface area contributed by atoms with Gasteiger partial charge in [-0.3, -0.25) is 0 Å². The van der Waals surface area contributed by atoms with Gasteiger partial charge in [-0.15, -0.1) is 0 Å². The van der Waals surface area contributed by atoms with Crippen LogP contribution in [0, 0.1) is 0 Å². The van der Waals surface area contributed by atoms with E-state index in [1.807, 2.05) is 45.0 Å². The SMILES string of the molecule is C=c1c(=C)n(C(=O)OC(C)(C)C)c2ccccc12. The number of para-hydroxylation sites is 1. The van der Waals surface area contributed by atoms with Crippen LogP contribution in [0.3, 0.4) is 0 Å². The van der Waals surface area contributed by atoms with E-state index in [1.165, 1.54) is 4.57 Å². The van der Waals surface area contributed by atoms with Crippen LogP contribution in [-0.2, 0) is 4.74 Å². The average Bonchev–Trinajstić information content (AvgIpc) is 2.50. The Bertz CT molecular complexity index is 704. The van der Waals surface area contributed by atoms with Crippen LogP contribution in [0.4, 0.5) is 4.79 Å². The van der Waals surface area contributed by atoms with Gasteiger partial charge in [0, 0.05) is 10.6 Å². The van der Waals surface area contributed by atoms with Crippen molar-refractivity contribution in [3.05, 3.63) is 34.8 Å². The van der Waals surface area contributed by atoms with Crippen LogP contribution in [-0.4, -0.2) is 16.3 Å². The van der Waals surface area contributed by atoms with Crippen molar-refractivity contribution in [1.82, 2.24) is 4.57 Å². The fourth-order valence-electron chi connectivity index (χ4n) is 1.88. The predicted molar refractivity (Wildman–Crippen MR) is 73.9 cm³/mol. The molecule has 0 saturated heterocycles. The van der Waals surface area contributed by atoms with Gasteiger partial charge in [-0.2, -0.15) is 0 Å². The van der Waals surface area contributed by atoms with Gasteiger partial charge in [-0.05, 0) is 26.8 Å². The van der Waals surface area contributed by atoms with Crippen molar-refractivity contribution in [2.24, 2.45) is 0 Å². The monoisotopic (exact) mass is 243 g/mol. The lowest BCUT2D eigenvalue weighted by atomic mass is 10.2. The summed E-state index contributed by atoms with van der Waals surface area (Å²) in [6.07, 6.45) is -0.418. The van der Waals surface area contributed by atoms with Gasteiger partial charge in [0.15, 0.2) is 0 Å². The van der Waals surface area contributed by atoms with Crippen LogP contribution >= 0.6 is 0 Å². The second kappa shape index (κ2) is 4.02. The molecule has 0 fully saturated rings. The Morgan fingerprint density at radius 2 is 1.83 bits per heavy atom. The standard InChI is InChI=1S/C15H17NO2/c1-10-11(2)16(14(17)18-15(3,4)5)13-9-7-6-8-12(10)13/h6-9H,1-2H2,3-5H3. The molecule has 18 heavy (non-hydrogen) atoms. The first-order chi connectivity index (χ1) is 8.31. The van der Waals surface area contributed by atoms with Gasteiger partial charge in [0.1, 0.15) is 5.60 Å². The molecule has 0 spiro atoms. The summed E-state index contributed by atoms with van der Waals surface area (Å²) >= 11 is 0. The minimum Gasteiger partial charge on any atom is -0.443 e. The summed E-state index contributed by atoms with van der Waals surface area (Å²) in [4.78, 5) is 12.2. The van der Waals surface area contributed by atoms with E-state index in [9.17, 15) is 4.79 Å². The van der Waals surface area contributed by atoms with Crippen molar-refractivity contribution < 1.29 is 9.53 Å². The van der Waals surface area contributed by atoms with Crippen molar-refractivity contribution in [1.29, 1.82) is 0 Å². The van der Waals surface area contributed by atoms with E-state index in [-0.39, 0.29) is 0 Å².